The Morgan fingerprint density at radius 3 is 2.65 bits per heavy atom. The molecule has 20 heavy (non-hydrogen) atoms. The van der Waals surface area contributed by atoms with Crippen molar-refractivity contribution in [2.45, 2.75) is 25.8 Å². The fourth-order valence-electron chi connectivity index (χ4n) is 2.47. The lowest BCUT2D eigenvalue weighted by atomic mass is 10.1. The molecular weight excluding hydrogens is 286 g/mol. The highest BCUT2D eigenvalue weighted by Crippen LogP contribution is 2.29. The van der Waals surface area contributed by atoms with Crippen LogP contribution < -0.4 is 0 Å². The quantitative estimate of drug-likeness (QED) is 0.791. The molecule has 0 aliphatic heterocycles. The van der Waals surface area contributed by atoms with E-state index >= 15 is 0 Å². The van der Waals surface area contributed by atoms with Gasteiger partial charge >= 0.3 is 0 Å². The first-order valence-electron chi connectivity index (χ1n) is 6.33. The number of halogens is 3. The molecule has 2 rings (SSSR count). The average molecular weight is 303 g/mol. The van der Waals surface area contributed by atoms with Gasteiger partial charge in [0.05, 0.1) is 17.7 Å². The second kappa shape index (κ2) is 5.66. The predicted molar refractivity (Wildman–Crippen MR) is 75.3 cm³/mol. The molecule has 1 heterocycles. The van der Waals surface area contributed by atoms with E-state index in [1.165, 1.54) is 6.07 Å². The fraction of sp³-hybridized carbons (Fsp3) is 0.500. The van der Waals surface area contributed by atoms with E-state index < -0.39 is 17.2 Å². The molecule has 0 atom stereocenters. The van der Waals surface area contributed by atoms with Crippen LogP contribution in [0.1, 0.15) is 19.7 Å². The molecule has 0 bridgehead atoms. The van der Waals surface area contributed by atoms with Crippen LogP contribution in [0.5, 0.6) is 0 Å². The molecule has 0 N–H and O–H groups in total. The summed E-state index contributed by atoms with van der Waals surface area (Å²) >= 11 is 5.78. The molecule has 0 aliphatic carbocycles. The summed E-state index contributed by atoms with van der Waals surface area (Å²) in [7, 11) is 1.57. The molecule has 2 aromatic rings. The van der Waals surface area contributed by atoms with Crippen molar-refractivity contribution in [2.24, 2.45) is 0 Å². The molecule has 0 unspecified atom stereocenters. The van der Waals surface area contributed by atoms with Gasteiger partial charge in [0, 0.05) is 19.4 Å². The van der Waals surface area contributed by atoms with Gasteiger partial charge in [0.25, 0.3) is 0 Å². The molecule has 0 saturated heterocycles. The van der Waals surface area contributed by atoms with Gasteiger partial charge in [-0.25, -0.2) is 13.8 Å². The Morgan fingerprint density at radius 2 is 2.05 bits per heavy atom. The topological polar surface area (TPSA) is 27.1 Å². The van der Waals surface area contributed by atoms with Gasteiger partial charge in [0.2, 0.25) is 0 Å². The summed E-state index contributed by atoms with van der Waals surface area (Å²) in [4.78, 5) is 4.37. The van der Waals surface area contributed by atoms with E-state index in [1.807, 2.05) is 13.8 Å². The van der Waals surface area contributed by atoms with Crippen LogP contribution in [0.3, 0.4) is 0 Å². The number of hydrogen-bond acceptors (Lipinski definition) is 2. The highest BCUT2D eigenvalue weighted by atomic mass is 35.5. The second-order valence-electron chi connectivity index (χ2n) is 5.28. The average Bonchev–Trinajstić information content (AvgIpc) is 2.74. The van der Waals surface area contributed by atoms with Crippen LogP contribution in [0.2, 0.25) is 0 Å². The zero-order valence-corrected chi connectivity index (χ0v) is 12.5. The molecule has 0 radical (unpaired) electrons. The lowest BCUT2D eigenvalue weighted by Gasteiger charge is -2.28. The molecule has 1 aromatic heterocycles. The zero-order valence-electron chi connectivity index (χ0n) is 11.7. The van der Waals surface area contributed by atoms with Gasteiger partial charge in [0.1, 0.15) is 11.3 Å². The maximum Gasteiger partial charge on any atom is 0.184 e. The summed E-state index contributed by atoms with van der Waals surface area (Å²) in [5.41, 5.74) is 0.0276. The van der Waals surface area contributed by atoms with Gasteiger partial charge in [-0.05, 0) is 26.0 Å². The third-order valence-corrected chi connectivity index (χ3v) is 3.39. The number of alkyl halides is 1. The monoisotopic (exact) mass is 302 g/mol. The van der Waals surface area contributed by atoms with Crippen LogP contribution in [0.4, 0.5) is 8.78 Å². The Kier molecular flexibility index (Phi) is 4.30. The minimum atomic E-state index is -0.889. The number of aryl methyl sites for hydroxylation is 1. The van der Waals surface area contributed by atoms with Crippen molar-refractivity contribution in [3.05, 3.63) is 29.6 Å². The van der Waals surface area contributed by atoms with E-state index in [2.05, 4.69) is 4.98 Å². The smallest absolute Gasteiger partial charge is 0.184 e. The fourth-order valence-corrected chi connectivity index (χ4v) is 2.64. The van der Waals surface area contributed by atoms with Crippen molar-refractivity contribution in [2.75, 3.05) is 19.6 Å². The molecule has 6 heteroatoms. The van der Waals surface area contributed by atoms with Gasteiger partial charge < -0.3 is 9.30 Å². The summed E-state index contributed by atoms with van der Waals surface area (Å²) in [5, 5.41) is 0. The maximum absolute atomic E-state index is 14.2. The number of hydrogen-bond donors (Lipinski definition) is 0. The second-order valence-corrected chi connectivity index (χ2v) is 5.65. The van der Waals surface area contributed by atoms with Crippen LogP contribution in [-0.4, -0.2) is 29.1 Å². The van der Waals surface area contributed by atoms with Crippen molar-refractivity contribution < 1.29 is 13.5 Å². The first-order valence-corrected chi connectivity index (χ1v) is 6.86. The summed E-state index contributed by atoms with van der Waals surface area (Å²) in [6.07, 6.45) is 0.477. The molecule has 0 amide bonds. The largest absolute Gasteiger partial charge is 0.382 e. The first-order chi connectivity index (χ1) is 9.42. The zero-order chi connectivity index (χ0) is 14.9. The molecule has 0 aliphatic rings. The van der Waals surface area contributed by atoms with Crippen LogP contribution in [-0.2, 0) is 16.7 Å². The van der Waals surface area contributed by atoms with E-state index in [0.717, 1.165) is 6.07 Å². The Bertz CT molecular complexity index is 625. The van der Waals surface area contributed by atoms with Crippen molar-refractivity contribution >= 4 is 22.6 Å². The number of imidazole rings is 1. The summed E-state index contributed by atoms with van der Waals surface area (Å²) in [6, 6.07) is 2.56. The van der Waals surface area contributed by atoms with Crippen LogP contribution in [0, 0.1) is 11.6 Å². The molecule has 1 aromatic carbocycles. The summed E-state index contributed by atoms with van der Waals surface area (Å²) in [6.45, 7) is 4.13. The van der Waals surface area contributed by atoms with E-state index in [4.69, 9.17) is 16.3 Å². The molecular formula is C14H17ClF2N2O. The number of aromatic nitrogens is 2. The normalized spacial score (nSPS) is 12.3. The van der Waals surface area contributed by atoms with Gasteiger partial charge in [-0.1, -0.05) is 0 Å². The number of ether oxygens (including phenoxy) is 1. The number of rotatable bonds is 5. The lowest BCUT2D eigenvalue weighted by molar-refractivity contribution is 0.110. The minimum Gasteiger partial charge on any atom is -0.382 e. The van der Waals surface area contributed by atoms with E-state index in [-0.39, 0.29) is 5.52 Å². The summed E-state index contributed by atoms with van der Waals surface area (Å²) in [5.74, 6) is -0.790. The molecule has 0 fully saturated rings. The third kappa shape index (κ3) is 2.52. The predicted octanol–water partition coefficient (Wildman–Crippen LogP) is 3.48. The molecule has 0 saturated carbocycles. The Labute approximate surface area is 121 Å². The van der Waals surface area contributed by atoms with E-state index in [0.29, 0.717) is 30.2 Å². The number of methoxy groups -OCH3 is 1. The van der Waals surface area contributed by atoms with Gasteiger partial charge in [0.15, 0.2) is 11.6 Å². The highest BCUT2D eigenvalue weighted by Gasteiger charge is 2.28. The number of benzene rings is 1. The minimum absolute atomic E-state index is 0.159. The SMILES string of the molecule is COCC(C)(C)n1c(CCCl)nc2ccc(F)c(F)c21. The highest BCUT2D eigenvalue weighted by molar-refractivity contribution is 6.17. The maximum atomic E-state index is 14.2. The summed E-state index contributed by atoms with van der Waals surface area (Å²) < 4.78 is 34.6. The number of nitrogens with zero attached hydrogens (tertiary/aromatic N) is 2. The first kappa shape index (κ1) is 15.2. The number of fused-ring (bicyclic) bond motifs is 1. The van der Waals surface area contributed by atoms with Crippen molar-refractivity contribution in [3.8, 4) is 0 Å². The van der Waals surface area contributed by atoms with Crippen molar-refractivity contribution in [3.63, 3.8) is 0 Å². The van der Waals surface area contributed by atoms with E-state index in [9.17, 15) is 8.78 Å². The van der Waals surface area contributed by atoms with Crippen LogP contribution in [0.25, 0.3) is 11.0 Å². The Balaban J connectivity index is 2.76. The lowest BCUT2D eigenvalue weighted by Crippen LogP contribution is -2.33. The van der Waals surface area contributed by atoms with Crippen molar-refractivity contribution in [1.29, 1.82) is 0 Å². The van der Waals surface area contributed by atoms with Crippen molar-refractivity contribution in [1.82, 2.24) is 9.55 Å². The van der Waals surface area contributed by atoms with Crippen LogP contribution in [0.15, 0.2) is 12.1 Å². The molecule has 0 spiro atoms. The molecule has 3 nitrogen and oxygen atoms in total. The standard InChI is InChI=1S/C14H17ClF2N2O/c1-14(2,8-20-3)19-11(6-7-15)18-10-5-4-9(16)12(17)13(10)19/h4-5H,6-8H2,1-3H3. The van der Waals surface area contributed by atoms with E-state index in [1.54, 1.807) is 11.7 Å². The van der Waals surface area contributed by atoms with Crippen LogP contribution >= 0.6 is 11.6 Å². The third-order valence-electron chi connectivity index (χ3n) is 3.20. The van der Waals surface area contributed by atoms with Gasteiger partial charge in [-0.3, -0.25) is 0 Å². The molecule has 110 valence electrons. The van der Waals surface area contributed by atoms with Gasteiger partial charge in [-0.2, -0.15) is 0 Å². The van der Waals surface area contributed by atoms with Gasteiger partial charge in [-0.15, -0.1) is 11.6 Å². The Morgan fingerprint density at radius 1 is 1.35 bits per heavy atom. The Hall–Kier alpha value is -1.20.